The Morgan fingerprint density at radius 1 is 1.14 bits per heavy atom. The second kappa shape index (κ2) is 12.7. The summed E-state index contributed by atoms with van der Waals surface area (Å²) in [6.45, 7) is 4.66. The molecule has 0 aromatic rings. The molecule has 2 aliphatic heterocycles. The first kappa shape index (κ1) is 23.5. The number of rotatable bonds is 13. The van der Waals surface area contributed by atoms with Crippen molar-refractivity contribution in [1.82, 2.24) is 21.4 Å². The lowest BCUT2D eigenvalue weighted by molar-refractivity contribution is -0.122. The van der Waals surface area contributed by atoms with Gasteiger partial charge in [0.1, 0.15) is 0 Å². The molecule has 2 rings (SSSR count). The number of hydrazone groups is 1. The van der Waals surface area contributed by atoms with Crippen LogP contribution in [0.1, 0.15) is 65.2 Å². The molecule has 8 nitrogen and oxygen atoms in total. The number of carbonyl (C=O) groups is 3. The summed E-state index contributed by atoms with van der Waals surface area (Å²) in [5.41, 5.74) is 2.52. The van der Waals surface area contributed by atoms with Crippen molar-refractivity contribution in [2.24, 2.45) is 11.0 Å². The molecule has 164 valence electrons. The lowest BCUT2D eigenvalue weighted by Gasteiger charge is -2.16. The Kier molecular flexibility index (Phi) is 10.3. The van der Waals surface area contributed by atoms with Crippen molar-refractivity contribution in [2.45, 2.75) is 82.5 Å². The van der Waals surface area contributed by atoms with Crippen LogP contribution < -0.4 is 21.4 Å². The molecule has 0 aromatic carbocycles. The third kappa shape index (κ3) is 9.06. The summed E-state index contributed by atoms with van der Waals surface area (Å²) in [6, 6.07) is 0.454. The molecule has 2 heterocycles. The lowest BCUT2D eigenvalue weighted by atomic mass is 10.0. The Hall–Kier alpha value is -1.77. The van der Waals surface area contributed by atoms with Crippen LogP contribution in [0.2, 0.25) is 0 Å². The number of fused-ring (bicyclic) bond motifs is 1. The van der Waals surface area contributed by atoms with E-state index in [1.165, 1.54) is 0 Å². The van der Waals surface area contributed by atoms with Crippen LogP contribution in [0, 0.1) is 5.92 Å². The average molecular weight is 426 g/mol. The van der Waals surface area contributed by atoms with Crippen LogP contribution in [0.5, 0.6) is 0 Å². The number of hydrogen-bond acceptors (Lipinski definition) is 5. The summed E-state index contributed by atoms with van der Waals surface area (Å²) < 4.78 is 0. The molecule has 0 radical (unpaired) electrons. The number of amides is 4. The highest BCUT2D eigenvalue weighted by Crippen LogP contribution is 2.33. The SMILES string of the molecule is CC(C)/C=N/NC(=O)CCCCCNC(=O)CCCCC1SCC2NC(=O)NC21. The van der Waals surface area contributed by atoms with Gasteiger partial charge >= 0.3 is 6.03 Å². The number of unbranched alkanes of at least 4 members (excludes halogenated alkanes) is 3. The van der Waals surface area contributed by atoms with E-state index in [2.05, 4.69) is 26.5 Å². The lowest BCUT2D eigenvalue weighted by Crippen LogP contribution is -2.36. The second-order valence-electron chi connectivity index (χ2n) is 8.09. The van der Waals surface area contributed by atoms with Gasteiger partial charge in [-0.15, -0.1) is 0 Å². The van der Waals surface area contributed by atoms with Gasteiger partial charge in [-0.1, -0.05) is 26.7 Å². The standard InChI is InChI=1S/C20H35N5O3S/c1-14(2)12-22-25-18(27)10-4-3-7-11-21-17(26)9-6-5-8-16-19-15(13-29-16)23-20(28)24-19/h12,14-16,19H,3-11,13H2,1-2H3,(H,21,26)(H,25,27)(H2,23,24,28)/b22-12+. The van der Waals surface area contributed by atoms with Gasteiger partial charge in [-0.25, -0.2) is 10.2 Å². The van der Waals surface area contributed by atoms with E-state index in [1.807, 2.05) is 25.6 Å². The Morgan fingerprint density at radius 2 is 1.90 bits per heavy atom. The Bertz CT molecular complexity index is 584. The van der Waals surface area contributed by atoms with E-state index in [1.54, 1.807) is 6.21 Å². The highest BCUT2D eigenvalue weighted by atomic mass is 32.2. The van der Waals surface area contributed by atoms with E-state index in [0.29, 0.717) is 30.6 Å². The summed E-state index contributed by atoms with van der Waals surface area (Å²) in [6.07, 6.45) is 8.20. The maximum Gasteiger partial charge on any atom is 0.315 e. The molecule has 3 atom stereocenters. The Balaban J connectivity index is 1.40. The smallest absolute Gasteiger partial charge is 0.315 e. The topological polar surface area (TPSA) is 112 Å². The quantitative estimate of drug-likeness (QED) is 0.157. The van der Waals surface area contributed by atoms with Crippen molar-refractivity contribution in [3.63, 3.8) is 0 Å². The van der Waals surface area contributed by atoms with Gasteiger partial charge < -0.3 is 16.0 Å². The third-order valence-corrected chi connectivity index (χ3v) is 6.55. The summed E-state index contributed by atoms with van der Waals surface area (Å²) in [7, 11) is 0. The zero-order chi connectivity index (χ0) is 21.1. The van der Waals surface area contributed by atoms with Crippen molar-refractivity contribution in [2.75, 3.05) is 12.3 Å². The van der Waals surface area contributed by atoms with Gasteiger partial charge in [-0.2, -0.15) is 16.9 Å². The van der Waals surface area contributed by atoms with Gasteiger partial charge in [-0.05, 0) is 31.6 Å². The fourth-order valence-corrected chi connectivity index (χ4v) is 5.04. The van der Waals surface area contributed by atoms with Crippen LogP contribution in [0.3, 0.4) is 0 Å². The van der Waals surface area contributed by atoms with E-state index >= 15 is 0 Å². The molecule has 2 saturated heterocycles. The molecule has 3 unspecified atom stereocenters. The number of thioether (sulfide) groups is 1. The number of hydrogen-bond donors (Lipinski definition) is 4. The molecule has 0 aromatic heterocycles. The predicted molar refractivity (Wildman–Crippen MR) is 117 cm³/mol. The third-order valence-electron chi connectivity index (χ3n) is 5.05. The summed E-state index contributed by atoms with van der Waals surface area (Å²) in [4.78, 5) is 34.9. The van der Waals surface area contributed by atoms with Crippen LogP contribution in [0.15, 0.2) is 5.10 Å². The van der Waals surface area contributed by atoms with Gasteiger partial charge in [-0.3, -0.25) is 9.59 Å². The first-order valence-electron chi connectivity index (χ1n) is 10.7. The molecule has 4 N–H and O–H groups in total. The average Bonchev–Trinajstić information content (AvgIpc) is 3.20. The first-order chi connectivity index (χ1) is 14.0. The molecular weight excluding hydrogens is 390 g/mol. The van der Waals surface area contributed by atoms with E-state index in [4.69, 9.17) is 0 Å². The maximum atomic E-state index is 11.9. The van der Waals surface area contributed by atoms with Crippen molar-refractivity contribution in [1.29, 1.82) is 0 Å². The number of carbonyl (C=O) groups excluding carboxylic acids is 3. The minimum atomic E-state index is -0.0642. The maximum absolute atomic E-state index is 11.9. The van der Waals surface area contributed by atoms with Crippen LogP contribution in [-0.2, 0) is 9.59 Å². The van der Waals surface area contributed by atoms with Crippen molar-refractivity contribution in [3.05, 3.63) is 0 Å². The molecule has 0 spiro atoms. The highest BCUT2D eigenvalue weighted by Gasteiger charge is 2.42. The first-order valence-corrected chi connectivity index (χ1v) is 11.8. The minimum absolute atomic E-state index is 0.0510. The zero-order valence-electron chi connectivity index (χ0n) is 17.5. The van der Waals surface area contributed by atoms with Crippen molar-refractivity contribution in [3.8, 4) is 0 Å². The van der Waals surface area contributed by atoms with E-state index in [0.717, 1.165) is 44.3 Å². The molecule has 0 aliphatic carbocycles. The fraction of sp³-hybridized carbons (Fsp3) is 0.800. The van der Waals surface area contributed by atoms with Gasteiger partial charge in [0.25, 0.3) is 0 Å². The molecular formula is C20H35N5O3S. The van der Waals surface area contributed by atoms with Crippen LogP contribution in [0.25, 0.3) is 0 Å². The summed E-state index contributed by atoms with van der Waals surface area (Å²) >= 11 is 1.91. The predicted octanol–water partition coefficient (Wildman–Crippen LogP) is 2.15. The van der Waals surface area contributed by atoms with E-state index < -0.39 is 0 Å². The van der Waals surface area contributed by atoms with E-state index in [-0.39, 0.29) is 29.9 Å². The fourth-order valence-electron chi connectivity index (χ4n) is 3.49. The van der Waals surface area contributed by atoms with Crippen LogP contribution in [0.4, 0.5) is 4.79 Å². The van der Waals surface area contributed by atoms with Gasteiger partial charge in [0, 0.05) is 36.6 Å². The normalized spacial score (nSPS) is 23.1. The Labute approximate surface area is 177 Å². The van der Waals surface area contributed by atoms with Crippen molar-refractivity contribution < 1.29 is 14.4 Å². The van der Waals surface area contributed by atoms with Gasteiger partial charge in [0.05, 0.1) is 12.1 Å². The molecule has 29 heavy (non-hydrogen) atoms. The number of urea groups is 1. The summed E-state index contributed by atoms with van der Waals surface area (Å²) in [5, 5.41) is 13.2. The van der Waals surface area contributed by atoms with Crippen LogP contribution >= 0.6 is 11.8 Å². The monoisotopic (exact) mass is 425 g/mol. The zero-order valence-corrected chi connectivity index (χ0v) is 18.4. The minimum Gasteiger partial charge on any atom is -0.356 e. The molecule has 0 saturated carbocycles. The highest BCUT2D eigenvalue weighted by molar-refractivity contribution is 8.00. The van der Waals surface area contributed by atoms with Gasteiger partial charge in [0.2, 0.25) is 11.8 Å². The summed E-state index contributed by atoms with van der Waals surface area (Å²) in [5.74, 6) is 1.32. The van der Waals surface area contributed by atoms with E-state index in [9.17, 15) is 14.4 Å². The second-order valence-corrected chi connectivity index (χ2v) is 9.36. The molecule has 2 fully saturated rings. The number of nitrogens with one attached hydrogen (secondary N) is 4. The van der Waals surface area contributed by atoms with Crippen LogP contribution in [-0.4, -0.2) is 53.7 Å². The molecule has 4 amide bonds. The molecule has 0 bridgehead atoms. The molecule has 2 aliphatic rings. The molecule has 9 heteroatoms. The van der Waals surface area contributed by atoms with Gasteiger partial charge in [0.15, 0.2) is 0 Å². The Morgan fingerprint density at radius 3 is 2.69 bits per heavy atom. The largest absolute Gasteiger partial charge is 0.356 e. The van der Waals surface area contributed by atoms with Crippen molar-refractivity contribution >= 4 is 35.8 Å². The number of nitrogens with zero attached hydrogens (tertiary/aromatic N) is 1.